The van der Waals surface area contributed by atoms with Crippen LogP contribution in [0.1, 0.15) is 38.4 Å². The largest absolute Gasteiger partial charge is 0.380 e. The molecule has 0 aromatic carbocycles. The fourth-order valence-corrected chi connectivity index (χ4v) is 1.43. The minimum atomic E-state index is 0.287. The van der Waals surface area contributed by atoms with Gasteiger partial charge in [-0.25, -0.2) is 0 Å². The first kappa shape index (κ1) is 9.39. The molecule has 0 amide bonds. The van der Waals surface area contributed by atoms with E-state index in [1.165, 1.54) is 0 Å². The average Bonchev–Trinajstić information content (AvgIpc) is 2.34. The van der Waals surface area contributed by atoms with Crippen LogP contribution in [-0.2, 0) is 0 Å². The van der Waals surface area contributed by atoms with Crippen molar-refractivity contribution in [3.63, 3.8) is 0 Å². The Morgan fingerprint density at radius 1 is 1.67 bits per heavy atom. The quantitative estimate of drug-likeness (QED) is 0.794. The lowest BCUT2D eigenvalue weighted by Crippen LogP contribution is -1.91. The lowest BCUT2D eigenvalue weighted by atomic mass is 10.0. The molecule has 1 rings (SSSR count). The number of halogens is 1. The van der Waals surface area contributed by atoms with Crippen molar-refractivity contribution >= 4 is 17.4 Å². The molecule has 2 N–H and O–H groups in total. The van der Waals surface area contributed by atoms with E-state index in [0.717, 1.165) is 12.8 Å². The molecule has 0 spiro atoms. The Kier molecular flexibility index (Phi) is 2.98. The lowest BCUT2D eigenvalue weighted by molar-refractivity contribution is 0.361. The van der Waals surface area contributed by atoms with Crippen molar-refractivity contribution in [2.75, 3.05) is 5.73 Å². The van der Waals surface area contributed by atoms with Crippen LogP contribution in [0.25, 0.3) is 0 Å². The van der Waals surface area contributed by atoms with E-state index >= 15 is 0 Å². The van der Waals surface area contributed by atoms with Crippen LogP contribution in [0.5, 0.6) is 0 Å². The zero-order chi connectivity index (χ0) is 9.14. The summed E-state index contributed by atoms with van der Waals surface area (Å²) >= 11 is 5.86. The first-order valence-corrected chi connectivity index (χ1v) is 4.45. The minimum absolute atomic E-state index is 0.287. The van der Waals surface area contributed by atoms with Crippen LogP contribution >= 0.6 is 11.6 Å². The summed E-state index contributed by atoms with van der Waals surface area (Å²) in [4.78, 5) is 0. The van der Waals surface area contributed by atoms with Gasteiger partial charge in [-0.15, -0.1) is 0 Å². The Bertz CT molecular complexity index is 260. The molecule has 1 atom stereocenters. The van der Waals surface area contributed by atoms with Gasteiger partial charge in [-0.3, -0.25) is 0 Å². The third-order valence-corrected chi connectivity index (χ3v) is 2.23. The van der Waals surface area contributed by atoms with Crippen LogP contribution in [0.15, 0.2) is 4.52 Å². The number of aromatic nitrogens is 1. The summed E-state index contributed by atoms with van der Waals surface area (Å²) in [5.74, 6) is 1.29. The molecule has 3 nitrogen and oxygen atoms in total. The second-order valence-electron chi connectivity index (χ2n) is 2.94. The van der Waals surface area contributed by atoms with Crippen molar-refractivity contribution in [3.05, 3.63) is 10.8 Å². The summed E-state index contributed by atoms with van der Waals surface area (Å²) in [7, 11) is 0. The Morgan fingerprint density at radius 3 is 2.75 bits per heavy atom. The molecular weight excluding hydrogens is 176 g/mol. The van der Waals surface area contributed by atoms with Gasteiger partial charge >= 0.3 is 0 Å². The Balaban J connectivity index is 2.80. The van der Waals surface area contributed by atoms with Crippen molar-refractivity contribution < 1.29 is 4.52 Å². The number of nitrogen functional groups attached to an aromatic ring is 1. The Morgan fingerprint density at radius 2 is 2.33 bits per heavy atom. The topological polar surface area (TPSA) is 52.0 Å². The van der Waals surface area contributed by atoms with Gasteiger partial charge in [0, 0.05) is 5.92 Å². The fourth-order valence-electron chi connectivity index (χ4n) is 1.18. The number of hydrogen-bond donors (Lipinski definition) is 1. The minimum Gasteiger partial charge on any atom is -0.380 e. The predicted octanol–water partition coefficient (Wildman–Crippen LogP) is 2.81. The molecule has 1 aromatic rings. The standard InChI is InChI=1S/C8H13ClN2O/c1-3-4-5(2)7-6(9)8(10)11-12-7/h5H,3-4H2,1-2H3,(H2,10,11). The van der Waals surface area contributed by atoms with E-state index in [1.807, 2.05) is 0 Å². The van der Waals surface area contributed by atoms with E-state index in [0.29, 0.717) is 16.7 Å². The smallest absolute Gasteiger partial charge is 0.186 e. The van der Waals surface area contributed by atoms with Crippen molar-refractivity contribution in [2.45, 2.75) is 32.6 Å². The molecular formula is C8H13ClN2O. The number of nitrogens with zero attached hydrogens (tertiary/aromatic N) is 1. The summed E-state index contributed by atoms with van der Waals surface area (Å²) in [5, 5.41) is 4.06. The molecule has 0 saturated carbocycles. The van der Waals surface area contributed by atoms with Gasteiger partial charge in [0.05, 0.1) is 0 Å². The van der Waals surface area contributed by atoms with Gasteiger partial charge in [-0.2, -0.15) is 0 Å². The molecule has 0 saturated heterocycles. The van der Waals surface area contributed by atoms with Crippen LogP contribution in [0.4, 0.5) is 5.82 Å². The molecule has 0 aliphatic heterocycles. The van der Waals surface area contributed by atoms with Crippen LogP contribution in [0.3, 0.4) is 0 Å². The first-order chi connectivity index (χ1) is 5.66. The first-order valence-electron chi connectivity index (χ1n) is 4.07. The van der Waals surface area contributed by atoms with Gasteiger partial charge in [-0.1, -0.05) is 37.0 Å². The third kappa shape index (κ3) is 1.72. The summed E-state index contributed by atoms with van der Waals surface area (Å²) in [6.07, 6.45) is 2.13. The molecule has 0 aliphatic rings. The third-order valence-electron chi connectivity index (χ3n) is 1.85. The van der Waals surface area contributed by atoms with E-state index in [1.54, 1.807) is 0 Å². The van der Waals surface area contributed by atoms with Crippen molar-refractivity contribution in [2.24, 2.45) is 0 Å². The highest BCUT2D eigenvalue weighted by Crippen LogP contribution is 2.31. The zero-order valence-electron chi connectivity index (χ0n) is 7.30. The van der Waals surface area contributed by atoms with Gasteiger partial charge in [0.1, 0.15) is 5.02 Å². The molecule has 12 heavy (non-hydrogen) atoms. The molecule has 0 fully saturated rings. The second-order valence-corrected chi connectivity index (χ2v) is 3.31. The number of rotatable bonds is 3. The lowest BCUT2D eigenvalue weighted by Gasteiger charge is -2.04. The van der Waals surface area contributed by atoms with Crippen LogP contribution in [0.2, 0.25) is 5.02 Å². The van der Waals surface area contributed by atoms with Gasteiger partial charge in [-0.05, 0) is 6.42 Å². The highest BCUT2D eigenvalue weighted by Gasteiger charge is 2.16. The number of hydrogen-bond acceptors (Lipinski definition) is 3. The van der Waals surface area contributed by atoms with E-state index in [2.05, 4.69) is 19.0 Å². The maximum Gasteiger partial charge on any atom is 0.186 e. The highest BCUT2D eigenvalue weighted by molar-refractivity contribution is 6.33. The van der Waals surface area contributed by atoms with Crippen LogP contribution < -0.4 is 5.73 Å². The summed E-state index contributed by atoms with van der Waals surface area (Å²) in [6, 6.07) is 0. The van der Waals surface area contributed by atoms with Crippen molar-refractivity contribution in [3.8, 4) is 0 Å². The van der Waals surface area contributed by atoms with Crippen molar-refractivity contribution in [1.82, 2.24) is 5.16 Å². The molecule has 1 heterocycles. The summed E-state index contributed by atoms with van der Waals surface area (Å²) in [6.45, 7) is 4.17. The van der Waals surface area contributed by atoms with E-state index in [9.17, 15) is 0 Å². The molecule has 4 heteroatoms. The maximum atomic E-state index is 5.86. The Labute approximate surface area is 76.9 Å². The molecule has 1 unspecified atom stereocenters. The summed E-state index contributed by atoms with van der Waals surface area (Å²) in [5.41, 5.74) is 5.44. The second kappa shape index (κ2) is 3.81. The molecule has 0 radical (unpaired) electrons. The number of anilines is 1. The predicted molar refractivity (Wildman–Crippen MR) is 49.2 cm³/mol. The molecule has 68 valence electrons. The Hall–Kier alpha value is -0.700. The molecule has 0 aliphatic carbocycles. The average molecular weight is 189 g/mol. The highest BCUT2D eigenvalue weighted by atomic mass is 35.5. The normalized spacial score (nSPS) is 13.2. The van der Waals surface area contributed by atoms with Crippen LogP contribution in [0, 0.1) is 0 Å². The van der Waals surface area contributed by atoms with E-state index < -0.39 is 0 Å². The van der Waals surface area contributed by atoms with E-state index in [4.69, 9.17) is 21.9 Å². The van der Waals surface area contributed by atoms with Gasteiger partial charge < -0.3 is 10.3 Å². The summed E-state index contributed by atoms with van der Waals surface area (Å²) < 4.78 is 5.00. The van der Waals surface area contributed by atoms with Gasteiger partial charge in [0.25, 0.3) is 0 Å². The van der Waals surface area contributed by atoms with Gasteiger partial charge in [0.2, 0.25) is 0 Å². The molecule has 1 aromatic heterocycles. The van der Waals surface area contributed by atoms with Gasteiger partial charge in [0.15, 0.2) is 11.6 Å². The molecule has 0 bridgehead atoms. The SMILES string of the molecule is CCCC(C)c1onc(N)c1Cl. The number of nitrogens with two attached hydrogens (primary N) is 1. The monoisotopic (exact) mass is 188 g/mol. The fraction of sp³-hybridized carbons (Fsp3) is 0.625. The van der Waals surface area contributed by atoms with Crippen LogP contribution in [-0.4, -0.2) is 5.16 Å². The van der Waals surface area contributed by atoms with Crippen molar-refractivity contribution in [1.29, 1.82) is 0 Å². The van der Waals surface area contributed by atoms with E-state index in [-0.39, 0.29) is 5.82 Å². The maximum absolute atomic E-state index is 5.86. The zero-order valence-corrected chi connectivity index (χ0v) is 8.06.